The first-order chi connectivity index (χ1) is 2.89. The van der Waals surface area contributed by atoms with E-state index in [1.807, 2.05) is 12.2 Å². The normalized spacial score (nSPS) is 22.8. The van der Waals surface area contributed by atoms with Crippen molar-refractivity contribution in [1.29, 1.82) is 0 Å². The van der Waals surface area contributed by atoms with Gasteiger partial charge in [0, 0.05) is 13.1 Å². The van der Waals surface area contributed by atoms with Crippen molar-refractivity contribution >= 4 is 0 Å². The molecule has 0 fully saturated rings. The lowest BCUT2D eigenvalue weighted by atomic mass is 10.6. The average molecular weight is 85.1 g/mol. The van der Waals surface area contributed by atoms with Crippen molar-refractivity contribution in [2.75, 3.05) is 13.1 Å². The van der Waals surface area contributed by atoms with Crippen LogP contribution in [0.15, 0.2) is 12.2 Å². The monoisotopic (exact) mass is 85.1 g/mol. The minimum atomic E-state index is 0.694. The summed E-state index contributed by atoms with van der Waals surface area (Å²) in [5.74, 6) is 0. The van der Waals surface area contributed by atoms with Gasteiger partial charge < -0.3 is 5.21 Å². The van der Waals surface area contributed by atoms with Gasteiger partial charge in [-0.1, -0.05) is 12.2 Å². The summed E-state index contributed by atoms with van der Waals surface area (Å²) in [5.41, 5.74) is 0. The van der Waals surface area contributed by atoms with Gasteiger partial charge in [-0.3, -0.25) is 0 Å². The molecule has 0 radical (unpaired) electrons. The van der Waals surface area contributed by atoms with Crippen LogP contribution in [0.2, 0.25) is 0 Å². The van der Waals surface area contributed by atoms with Crippen LogP contribution in [0.3, 0.4) is 0 Å². The number of hydrogen-bond donors (Lipinski definition) is 1. The summed E-state index contributed by atoms with van der Waals surface area (Å²) in [6.45, 7) is 1.39. The van der Waals surface area contributed by atoms with Gasteiger partial charge in [0.05, 0.1) is 0 Å². The minimum absolute atomic E-state index is 0.694. The molecule has 6 heavy (non-hydrogen) atoms. The van der Waals surface area contributed by atoms with E-state index in [1.54, 1.807) is 0 Å². The van der Waals surface area contributed by atoms with Crippen molar-refractivity contribution in [1.82, 2.24) is 5.06 Å². The molecule has 0 unspecified atom stereocenters. The third-order valence-corrected chi connectivity index (χ3v) is 0.799. The van der Waals surface area contributed by atoms with Crippen LogP contribution in [0.4, 0.5) is 0 Å². The third-order valence-electron chi connectivity index (χ3n) is 0.799. The van der Waals surface area contributed by atoms with Crippen molar-refractivity contribution in [2.24, 2.45) is 0 Å². The zero-order chi connectivity index (χ0) is 4.41. The molecule has 0 aromatic heterocycles. The zero-order valence-electron chi connectivity index (χ0n) is 3.46. The highest BCUT2D eigenvalue weighted by Gasteiger charge is 1.97. The zero-order valence-corrected chi connectivity index (χ0v) is 3.46. The van der Waals surface area contributed by atoms with Gasteiger partial charge in [0.2, 0.25) is 0 Å². The Morgan fingerprint density at radius 1 is 1.33 bits per heavy atom. The average Bonchev–Trinajstić information content (AvgIpc) is 1.86. The van der Waals surface area contributed by atoms with Crippen LogP contribution in [0.5, 0.6) is 0 Å². The Morgan fingerprint density at radius 3 is 2.00 bits per heavy atom. The summed E-state index contributed by atoms with van der Waals surface area (Å²) in [5, 5.41) is 9.75. The van der Waals surface area contributed by atoms with Crippen LogP contribution in [-0.2, 0) is 0 Å². The van der Waals surface area contributed by atoms with E-state index in [0.29, 0.717) is 13.1 Å². The van der Waals surface area contributed by atoms with E-state index in [1.165, 1.54) is 5.06 Å². The molecular weight excluding hydrogens is 78.0 g/mol. The summed E-state index contributed by atoms with van der Waals surface area (Å²) in [4.78, 5) is 0. The number of nitrogens with zero attached hydrogens (tertiary/aromatic N) is 1. The van der Waals surface area contributed by atoms with Gasteiger partial charge in [0.25, 0.3) is 0 Å². The summed E-state index contributed by atoms with van der Waals surface area (Å²) in [7, 11) is 0. The molecular formula is C4H7NO. The fraction of sp³-hybridized carbons (Fsp3) is 0.500. The first-order valence-corrected chi connectivity index (χ1v) is 1.98. The highest BCUT2D eigenvalue weighted by molar-refractivity contribution is 4.91. The van der Waals surface area contributed by atoms with Crippen LogP contribution in [0, 0.1) is 0 Å². The molecule has 0 bridgehead atoms. The second-order valence-electron chi connectivity index (χ2n) is 1.34. The number of hydrogen-bond acceptors (Lipinski definition) is 2. The van der Waals surface area contributed by atoms with Crippen molar-refractivity contribution < 1.29 is 5.21 Å². The molecule has 0 aliphatic carbocycles. The van der Waals surface area contributed by atoms with E-state index in [4.69, 9.17) is 5.21 Å². The summed E-state index contributed by atoms with van der Waals surface area (Å²) in [6.07, 6.45) is 3.86. The lowest BCUT2D eigenvalue weighted by Crippen LogP contribution is -2.12. The minimum Gasteiger partial charge on any atom is -0.313 e. The largest absolute Gasteiger partial charge is 0.313 e. The fourth-order valence-electron chi connectivity index (χ4n) is 0.467. The van der Waals surface area contributed by atoms with E-state index < -0.39 is 0 Å². The van der Waals surface area contributed by atoms with E-state index in [-0.39, 0.29) is 0 Å². The smallest absolute Gasteiger partial charge is 0.0423 e. The van der Waals surface area contributed by atoms with Gasteiger partial charge in [0.15, 0.2) is 0 Å². The first-order valence-electron chi connectivity index (χ1n) is 1.98. The lowest BCUT2D eigenvalue weighted by molar-refractivity contribution is -0.0623. The van der Waals surface area contributed by atoms with Gasteiger partial charge >= 0.3 is 0 Å². The van der Waals surface area contributed by atoms with Crippen molar-refractivity contribution in [3.8, 4) is 0 Å². The molecule has 0 saturated heterocycles. The molecule has 1 aliphatic heterocycles. The van der Waals surface area contributed by atoms with E-state index in [9.17, 15) is 0 Å². The molecule has 0 atom stereocenters. The molecule has 0 aromatic carbocycles. The summed E-state index contributed by atoms with van der Waals surface area (Å²) < 4.78 is 0. The summed E-state index contributed by atoms with van der Waals surface area (Å²) >= 11 is 0. The predicted molar refractivity (Wildman–Crippen MR) is 22.5 cm³/mol. The molecule has 2 nitrogen and oxygen atoms in total. The number of rotatable bonds is 0. The van der Waals surface area contributed by atoms with Gasteiger partial charge in [-0.15, -0.1) is 0 Å². The van der Waals surface area contributed by atoms with E-state index >= 15 is 0 Å². The topological polar surface area (TPSA) is 23.5 Å². The maximum absolute atomic E-state index is 8.50. The molecule has 0 spiro atoms. The maximum atomic E-state index is 8.50. The van der Waals surface area contributed by atoms with Crippen molar-refractivity contribution in [3.63, 3.8) is 0 Å². The van der Waals surface area contributed by atoms with Gasteiger partial charge in [0.1, 0.15) is 0 Å². The second kappa shape index (κ2) is 1.41. The standard InChI is InChI=1S/C4H7NO/c6-5-3-1-2-4-5/h1-2,6H,3-4H2. The van der Waals surface area contributed by atoms with Crippen LogP contribution >= 0.6 is 0 Å². The van der Waals surface area contributed by atoms with Crippen molar-refractivity contribution in [2.45, 2.75) is 0 Å². The SMILES string of the molecule is ON1CC=CC1. The third kappa shape index (κ3) is 0.584. The maximum Gasteiger partial charge on any atom is 0.0423 e. The Kier molecular flexibility index (Phi) is 0.900. The van der Waals surface area contributed by atoms with Gasteiger partial charge in [-0.25, -0.2) is 0 Å². The van der Waals surface area contributed by atoms with Crippen LogP contribution in [-0.4, -0.2) is 23.4 Å². The molecule has 0 aromatic rings. The van der Waals surface area contributed by atoms with Crippen LogP contribution < -0.4 is 0 Å². The molecule has 1 aliphatic rings. The highest BCUT2D eigenvalue weighted by Crippen LogP contribution is 1.90. The first kappa shape index (κ1) is 3.84. The van der Waals surface area contributed by atoms with Gasteiger partial charge in [-0.2, -0.15) is 5.06 Å². The Balaban J connectivity index is 2.32. The summed E-state index contributed by atoms with van der Waals surface area (Å²) in [6, 6.07) is 0. The predicted octanol–water partition coefficient (Wildman–Crippen LogP) is 0.247. The molecule has 1 N–H and O–H groups in total. The Labute approximate surface area is 36.6 Å². The Hall–Kier alpha value is -0.340. The molecule has 1 rings (SSSR count). The van der Waals surface area contributed by atoms with Crippen LogP contribution in [0.1, 0.15) is 0 Å². The molecule has 1 heterocycles. The molecule has 2 heteroatoms. The van der Waals surface area contributed by atoms with Gasteiger partial charge in [-0.05, 0) is 0 Å². The highest BCUT2D eigenvalue weighted by atomic mass is 16.5. The van der Waals surface area contributed by atoms with Crippen LogP contribution in [0.25, 0.3) is 0 Å². The Bertz CT molecular complexity index is 61.9. The fourth-order valence-corrected chi connectivity index (χ4v) is 0.467. The van der Waals surface area contributed by atoms with Crippen molar-refractivity contribution in [3.05, 3.63) is 12.2 Å². The number of hydroxylamine groups is 2. The second-order valence-corrected chi connectivity index (χ2v) is 1.34. The molecule has 34 valence electrons. The van der Waals surface area contributed by atoms with E-state index in [2.05, 4.69) is 0 Å². The molecule has 0 saturated carbocycles. The van der Waals surface area contributed by atoms with E-state index in [0.717, 1.165) is 0 Å². The Morgan fingerprint density at radius 2 is 1.83 bits per heavy atom. The molecule has 0 amide bonds. The quantitative estimate of drug-likeness (QED) is 0.426. The lowest BCUT2D eigenvalue weighted by Gasteiger charge is -1.99.